The van der Waals surface area contributed by atoms with E-state index in [1.165, 1.54) is 26.4 Å². The molecule has 0 amide bonds. The molecule has 162 valence electrons. The van der Waals surface area contributed by atoms with Crippen LogP contribution in [0.4, 0.5) is 0 Å². The maximum absolute atomic E-state index is 11.5. The van der Waals surface area contributed by atoms with E-state index in [-0.39, 0.29) is 0 Å². The van der Waals surface area contributed by atoms with Gasteiger partial charge in [0.1, 0.15) is 11.5 Å². The molecule has 0 aliphatic carbocycles. The Labute approximate surface area is 186 Å². The average Bonchev–Trinajstić information content (AvgIpc) is 2.76. The van der Waals surface area contributed by atoms with E-state index in [1.54, 1.807) is 24.3 Å². The minimum absolute atomic E-state index is 0.376. The van der Waals surface area contributed by atoms with Crippen LogP contribution in [0, 0.1) is 0 Å². The predicted octanol–water partition coefficient (Wildman–Crippen LogP) is 5.58. The predicted molar refractivity (Wildman–Crippen MR) is 115 cm³/mol. The summed E-state index contributed by atoms with van der Waals surface area (Å²) >= 11 is 12.3. The fourth-order valence-electron chi connectivity index (χ4n) is 2.65. The summed E-state index contributed by atoms with van der Waals surface area (Å²) in [6.07, 6.45) is 3.67. The van der Waals surface area contributed by atoms with Gasteiger partial charge < -0.3 is 18.9 Å². The summed E-state index contributed by atoms with van der Waals surface area (Å²) in [5.74, 6) is 0.202. The van der Waals surface area contributed by atoms with Gasteiger partial charge in [-0.15, -0.1) is 0 Å². The summed E-state index contributed by atoms with van der Waals surface area (Å²) in [4.78, 5) is 22.9. The molecule has 0 unspecified atom stereocenters. The third-order valence-electron chi connectivity index (χ3n) is 4.26. The molecule has 2 aromatic rings. The van der Waals surface area contributed by atoms with Crippen LogP contribution in [0.15, 0.2) is 36.4 Å². The molecule has 6 nitrogen and oxygen atoms in total. The number of hydrogen-bond acceptors (Lipinski definition) is 6. The van der Waals surface area contributed by atoms with E-state index in [0.717, 1.165) is 25.7 Å². The molecule has 2 aromatic carbocycles. The number of ether oxygens (including phenoxy) is 4. The summed E-state index contributed by atoms with van der Waals surface area (Å²) in [5.41, 5.74) is 0.768. The maximum Gasteiger partial charge on any atom is 0.337 e. The van der Waals surface area contributed by atoms with Crippen molar-refractivity contribution in [2.45, 2.75) is 25.7 Å². The van der Waals surface area contributed by atoms with Gasteiger partial charge in [0.2, 0.25) is 0 Å². The second-order valence-electron chi connectivity index (χ2n) is 6.38. The Morgan fingerprint density at radius 2 is 1.10 bits per heavy atom. The number of benzene rings is 2. The first-order valence-electron chi connectivity index (χ1n) is 9.47. The van der Waals surface area contributed by atoms with Crippen LogP contribution in [-0.2, 0) is 9.47 Å². The van der Waals surface area contributed by atoms with Gasteiger partial charge in [0.25, 0.3) is 0 Å². The third kappa shape index (κ3) is 7.11. The average molecular weight is 455 g/mol. The Bertz CT molecular complexity index is 797. The number of unbranched alkanes of at least 4 members (excludes halogenated alkanes) is 3. The van der Waals surface area contributed by atoms with Crippen molar-refractivity contribution in [3.05, 3.63) is 57.6 Å². The molecule has 8 heteroatoms. The van der Waals surface area contributed by atoms with Gasteiger partial charge in [0.05, 0.1) is 48.6 Å². The number of carbonyl (C=O) groups is 2. The summed E-state index contributed by atoms with van der Waals surface area (Å²) in [6.45, 7) is 1.05. The highest BCUT2D eigenvalue weighted by atomic mass is 35.5. The van der Waals surface area contributed by atoms with Crippen molar-refractivity contribution in [1.29, 1.82) is 0 Å². The molecule has 0 aliphatic rings. The van der Waals surface area contributed by atoms with Crippen molar-refractivity contribution in [3.63, 3.8) is 0 Å². The van der Waals surface area contributed by atoms with Crippen LogP contribution in [0.1, 0.15) is 46.4 Å². The molecule has 0 aromatic heterocycles. The Kier molecular flexibility index (Phi) is 9.77. The standard InChI is InChI=1S/C22H24Cl2O6/c1-27-21(25)15-7-9-19(17(23)13-15)29-11-5-3-4-6-12-30-20-10-8-16(14-18(20)24)22(26)28-2/h7-10,13-14H,3-6,11-12H2,1-2H3. The zero-order chi connectivity index (χ0) is 21.9. The quantitative estimate of drug-likeness (QED) is 0.325. The summed E-state index contributed by atoms with van der Waals surface area (Å²) in [7, 11) is 2.64. The SMILES string of the molecule is COC(=O)c1ccc(OCCCCCCOc2ccc(C(=O)OC)cc2Cl)c(Cl)c1. The second-order valence-corrected chi connectivity index (χ2v) is 7.20. The Hall–Kier alpha value is -2.44. The van der Waals surface area contributed by atoms with Gasteiger partial charge in [0.15, 0.2) is 0 Å². The molecule has 2 rings (SSSR count). The van der Waals surface area contributed by atoms with Crippen LogP contribution in [0.2, 0.25) is 10.0 Å². The minimum atomic E-state index is -0.439. The van der Waals surface area contributed by atoms with Gasteiger partial charge in [-0.1, -0.05) is 23.2 Å². The van der Waals surface area contributed by atoms with E-state index in [2.05, 4.69) is 9.47 Å². The highest BCUT2D eigenvalue weighted by molar-refractivity contribution is 6.32. The van der Waals surface area contributed by atoms with Crippen LogP contribution >= 0.6 is 23.2 Å². The number of halogens is 2. The first-order valence-corrected chi connectivity index (χ1v) is 10.2. The van der Waals surface area contributed by atoms with Gasteiger partial charge in [-0.05, 0) is 62.1 Å². The monoisotopic (exact) mass is 454 g/mol. The molecule has 0 aliphatic heterocycles. The van der Waals surface area contributed by atoms with Gasteiger partial charge in [-0.25, -0.2) is 9.59 Å². The molecule has 0 bridgehead atoms. The molecule has 0 fully saturated rings. The molecule has 0 atom stereocenters. The molecular weight excluding hydrogens is 431 g/mol. The topological polar surface area (TPSA) is 71.1 Å². The van der Waals surface area contributed by atoms with Crippen molar-refractivity contribution in [1.82, 2.24) is 0 Å². The maximum atomic E-state index is 11.5. The van der Waals surface area contributed by atoms with E-state index in [0.29, 0.717) is 45.9 Å². The van der Waals surface area contributed by atoms with E-state index in [9.17, 15) is 9.59 Å². The first kappa shape index (κ1) is 23.8. The number of esters is 2. The van der Waals surface area contributed by atoms with E-state index < -0.39 is 11.9 Å². The van der Waals surface area contributed by atoms with Crippen molar-refractivity contribution < 1.29 is 28.5 Å². The number of rotatable bonds is 11. The zero-order valence-electron chi connectivity index (χ0n) is 16.9. The molecular formula is C22H24Cl2O6. The lowest BCUT2D eigenvalue weighted by Gasteiger charge is -2.10. The summed E-state index contributed by atoms with van der Waals surface area (Å²) in [6, 6.07) is 9.63. The molecule has 30 heavy (non-hydrogen) atoms. The Morgan fingerprint density at radius 1 is 0.700 bits per heavy atom. The first-order chi connectivity index (χ1) is 14.5. The highest BCUT2D eigenvalue weighted by Gasteiger charge is 2.10. The molecule has 0 saturated heterocycles. The fraction of sp³-hybridized carbons (Fsp3) is 0.364. The lowest BCUT2D eigenvalue weighted by Crippen LogP contribution is -2.03. The summed E-state index contributed by atoms with van der Waals surface area (Å²) < 4.78 is 20.6. The van der Waals surface area contributed by atoms with Gasteiger partial charge in [0, 0.05) is 0 Å². The largest absolute Gasteiger partial charge is 0.492 e. The highest BCUT2D eigenvalue weighted by Crippen LogP contribution is 2.27. The van der Waals surface area contributed by atoms with Crippen LogP contribution < -0.4 is 9.47 Å². The van der Waals surface area contributed by atoms with Crippen molar-refractivity contribution >= 4 is 35.1 Å². The Morgan fingerprint density at radius 3 is 1.43 bits per heavy atom. The van der Waals surface area contributed by atoms with E-state index in [1.807, 2.05) is 0 Å². The molecule has 0 saturated carbocycles. The number of carbonyl (C=O) groups excluding carboxylic acids is 2. The lowest BCUT2D eigenvalue weighted by molar-refractivity contribution is 0.0591. The van der Waals surface area contributed by atoms with E-state index >= 15 is 0 Å². The van der Waals surface area contributed by atoms with Crippen LogP contribution in [0.25, 0.3) is 0 Å². The summed E-state index contributed by atoms with van der Waals surface area (Å²) in [5, 5.41) is 0.753. The van der Waals surface area contributed by atoms with Crippen LogP contribution in [0.3, 0.4) is 0 Å². The van der Waals surface area contributed by atoms with Gasteiger partial charge in [-0.2, -0.15) is 0 Å². The third-order valence-corrected chi connectivity index (χ3v) is 4.85. The van der Waals surface area contributed by atoms with Crippen LogP contribution in [0.5, 0.6) is 11.5 Å². The molecule has 0 heterocycles. The second kappa shape index (κ2) is 12.3. The van der Waals surface area contributed by atoms with Gasteiger partial charge >= 0.3 is 11.9 Å². The Balaban J connectivity index is 1.63. The smallest absolute Gasteiger partial charge is 0.337 e. The number of methoxy groups -OCH3 is 2. The molecule has 0 spiro atoms. The van der Waals surface area contributed by atoms with Crippen molar-refractivity contribution in [3.8, 4) is 11.5 Å². The van der Waals surface area contributed by atoms with Gasteiger partial charge in [-0.3, -0.25) is 0 Å². The molecule has 0 radical (unpaired) electrons. The lowest BCUT2D eigenvalue weighted by atomic mass is 10.2. The zero-order valence-corrected chi connectivity index (χ0v) is 18.4. The normalized spacial score (nSPS) is 10.4. The minimum Gasteiger partial charge on any atom is -0.492 e. The van der Waals surface area contributed by atoms with E-state index in [4.69, 9.17) is 32.7 Å². The van der Waals surface area contributed by atoms with Crippen LogP contribution in [-0.4, -0.2) is 39.4 Å². The van der Waals surface area contributed by atoms with Crippen molar-refractivity contribution in [2.75, 3.05) is 27.4 Å². The molecule has 0 N–H and O–H groups in total. The van der Waals surface area contributed by atoms with Crippen molar-refractivity contribution in [2.24, 2.45) is 0 Å². The fourth-order valence-corrected chi connectivity index (χ4v) is 3.12. The number of hydrogen-bond donors (Lipinski definition) is 0.